The largest absolute Gasteiger partial charge is 0.462 e. The van der Waals surface area contributed by atoms with Crippen molar-refractivity contribution in [1.29, 1.82) is 0 Å². The predicted molar refractivity (Wildman–Crippen MR) is 139 cm³/mol. The zero-order chi connectivity index (χ0) is 25.7. The first-order valence-electron chi connectivity index (χ1n) is 13.6. The first kappa shape index (κ1) is 25.0. The van der Waals surface area contributed by atoms with E-state index in [1.807, 2.05) is 31.2 Å². The molecule has 0 aromatic heterocycles. The van der Waals surface area contributed by atoms with E-state index >= 15 is 0 Å². The molecule has 0 radical (unpaired) electrons. The second kappa shape index (κ2) is 9.35. The predicted octanol–water partition coefficient (Wildman–Crippen LogP) is 5.67. The topological polar surface area (TPSA) is 91.0 Å². The minimum absolute atomic E-state index is 0.0192. The molecule has 7 atom stereocenters. The highest BCUT2D eigenvalue weighted by molar-refractivity contribution is 5.97. The van der Waals surface area contributed by atoms with Crippen molar-refractivity contribution < 1.29 is 19.2 Å². The molecule has 1 aromatic carbocycles. The van der Waals surface area contributed by atoms with Gasteiger partial charge in [0, 0.05) is 18.9 Å². The van der Waals surface area contributed by atoms with Crippen molar-refractivity contribution >= 4 is 17.8 Å². The molecule has 4 aliphatic rings. The van der Waals surface area contributed by atoms with Crippen LogP contribution in [0.15, 0.2) is 41.1 Å². The quantitative estimate of drug-likeness (QED) is 0.146. The molecule has 5 rings (SSSR count). The molecular formula is C30H40N2O4. The van der Waals surface area contributed by atoms with Crippen molar-refractivity contribution in [2.24, 2.45) is 45.4 Å². The van der Waals surface area contributed by atoms with Crippen molar-refractivity contribution in [3.63, 3.8) is 0 Å². The van der Waals surface area contributed by atoms with E-state index in [1.54, 1.807) is 0 Å². The van der Waals surface area contributed by atoms with Gasteiger partial charge in [0.1, 0.15) is 6.10 Å². The van der Waals surface area contributed by atoms with E-state index in [0.717, 1.165) is 62.5 Å². The van der Waals surface area contributed by atoms with Gasteiger partial charge in [0.05, 0.1) is 5.92 Å². The van der Waals surface area contributed by atoms with Gasteiger partial charge in [-0.25, -0.2) is 4.79 Å². The number of nitrogens with two attached hydrogens (primary N) is 1. The third kappa shape index (κ3) is 4.26. The van der Waals surface area contributed by atoms with Gasteiger partial charge in [0.25, 0.3) is 0 Å². The Balaban J connectivity index is 1.29. The second-order valence-corrected chi connectivity index (χ2v) is 12.2. The number of allylic oxidation sites excluding steroid dienone is 1. The number of oxime groups is 1. The molecule has 3 saturated carbocycles. The van der Waals surface area contributed by atoms with Crippen LogP contribution in [0.4, 0.5) is 0 Å². The molecule has 0 unspecified atom stereocenters. The van der Waals surface area contributed by atoms with E-state index in [-0.39, 0.29) is 40.6 Å². The maximum atomic E-state index is 13.2. The third-order valence-corrected chi connectivity index (χ3v) is 10.3. The molecule has 0 saturated heterocycles. The van der Waals surface area contributed by atoms with Crippen LogP contribution in [-0.2, 0) is 19.2 Å². The molecule has 0 aliphatic heterocycles. The normalized spacial score (nSPS) is 37.7. The Bertz CT molecular complexity index is 1090. The maximum Gasteiger partial charge on any atom is 0.338 e. The number of carbonyl (C=O) groups excluding carboxylic acids is 2. The lowest BCUT2D eigenvalue weighted by Gasteiger charge is -2.57. The molecule has 4 aliphatic carbocycles. The molecule has 6 nitrogen and oxygen atoms in total. The highest BCUT2D eigenvalue weighted by atomic mass is 16.7. The first-order valence-corrected chi connectivity index (χ1v) is 13.6. The number of carbonyl (C=O) groups is 2. The Hall–Kier alpha value is -2.63. The van der Waals surface area contributed by atoms with Gasteiger partial charge >= 0.3 is 11.9 Å². The van der Waals surface area contributed by atoms with Crippen molar-refractivity contribution in [1.82, 2.24) is 0 Å². The molecule has 194 valence electrons. The minimum atomic E-state index is -0.242. The molecule has 0 bridgehead atoms. The highest BCUT2D eigenvalue weighted by Gasteiger charge is 2.60. The number of ether oxygens (including phenoxy) is 1. The Morgan fingerprint density at radius 2 is 1.78 bits per heavy atom. The second-order valence-electron chi connectivity index (χ2n) is 12.2. The summed E-state index contributed by atoms with van der Waals surface area (Å²) in [5.41, 5.74) is 9.58. The van der Waals surface area contributed by atoms with Crippen molar-refractivity contribution in [2.45, 2.75) is 85.2 Å². The summed E-state index contributed by atoms with van der Waals surface area (Å²) in [4.78, 5) is 30.2. The Morgan fingerprint density at radius 1 is 1.03 bits per heavy atom. The van der Waals surface area contributed by atoms with Gasteiger partial charge in [-0.3, -0.25) is 4.79 Å². The maximum absolute atomic E-state index is 13.2. The molecule has 1 aromatic rings. The number of hydrogen-bond acceptors (Lipinski definition) is 5. The van der Waals surface area contributed by atoms with Crippen molar-refractivity contribution in [2.75, 3.05) is 0 Å². The molecule has 3 fully saturated rings. The lowest BCUT2D eigenvalue weighted by Crippen LogP contribution is -2.51. The number of hydrogen-bond donors (Lipinski definition) is 1. The Morgan fingerprint density at radius 3 is 2.50 bits per heavy atom. The summed E-state index contributed by atoms with van der Waals surface area (Å²) in [7, 11) is 0. The lowest BCUT2D eigenvalue weighted by molar-refractivity contribution is -0.156. The summed E-state index contributed by atoms with van der Waals surface area (Å²) < 4.78 is 5.57. The molecule has 6 heteroatoms. The van der Waals surface area contributed by atoms with E-state index < -0.39 is 0 Å². The zero-order valence-corrected chi connectivity index (χ0v) is 22.1. The fraction of sp³-hybridized carbons (Fsp3) is 0.633. The van der Waals surface area contributed by atoms with Crippen LogP contribution < -0.4 is 5.73 Å². The van der Waals surface area contributed by atoms with E-state index in [0.29, 0.717) is 17.8 Å². The van der Waals surface area contributed by atoms with E-state index in [1.165, 1.54) is 12.5 Å². The Kier molecular flexibility index (Phi) is 6.50. The number of esters is 1. The van der Waals surface area contributed by atoms with Gasteiger partial charge in [0.2, 0.25) is 0 Å². The van der Waals surface area contributed by atoms with Gasteiger partial charge in [-0.15, -0.1) is 0 Å². The van der Waals surface area contributed by atoms with E-state index in [2.05, 4.69) is 25.1 Å². The van der Waals surface area contributed by atoms with Crippen LogP contribution in [-0.4, -0.2) is 23.9 Å². The van der Waals surface area contributed by atoms with Gasteiger partial charge in [-0.2, -0.15) is 0 Å². The van der Waals surface area contributed by atoms with Crippen molar-refractivity contribution in [3.8, 4) is 0 Å². The van der Waals surface area contributed by atoms with E-state index in [9.17, 15) is 9.59 Å². The van der Waals surface area contributed by atoms with Crippen LogP contribution in [0.25, 0.3) is 0 Å². The van der Waals surface area contributed by atoms with Gasteiger partial charge < -0.3 is 15.3 Å². The fourth-order valence-corrected chi connectivity index (χ4v) is 8.28. The monoisotopic (exact) mass is 492 g/mol. The number of benzene rings is 1. The third-order valence-electron chi connectivity index (χ3n) is 10.3. The van der Waals surface area contributed by atoms with Gasteiger partial charge in [-0.05, 0) is 80.5 Å². The molecule has 0 heterocycles. The molecule has 2 N–H and O–H groups in total. The average molecular weight is 493 g/mol. The average Bonchev–Trinajstić information content (AvgIpc) is 3.20. The van der Waals surface area contributed by atoms with Crippen LogP contribution >= 0.6 is 0 Å². The van der Waals surface area contributed by atoms with Crippen LogP contribution in [0.2, 0.25) is 0 Å². The SMILES string of the molecule is CC(=O)O[C@H]1CC[C@@]2(C)C(=CC[C@H]3[C@@H]4CC[C@H](C(=O)O/N=C(\N)c5ccc(C)cc5)[C@@]4(C)CC[C@@H]32)C1. The van der Waals surface area contributed by atoms with Gasteiger partial charge in [0.15, 0.2) is 5.84 Å². The summed E-state index contributed by atoms with van der Waals surface area (Å²) in [5, 5.41) is 4.01. The lowest BCUT2D eigenvalue weighted by atomic mass is 9.47. The number of amidine groups is 1. The number of aryl methyl sites for hydroxylation is 1. The summed E-state index contributed by atoms with van der Waals surface area (Å²) in [6.07, 6.45) is 10.5. The van der Waals surface area contributed by atoms with Crippen LogP contribution in [0, 0.1) is 41.4 Å². The molecule has 0 spiro atoms. The van der Waals surface area contributed by atoms with Crippen LogP contribution in [0.3, 0.4) is 0 Å². The van der Waals surface area contributed by atoms with Crippen molar-refractivity contribution in [3.05, 3.63) is 47.0 Å². The Labute approximate surface area is 214 Å². The number of nitrogens with zero attached hydrogens (tertiary/aromatic N) is 1. The first-order chi connectivity index (χ1) is 17.1. The van der Waals surface area contributed by atoms with Crippen LogP contribution in [0.5, 0.6) is 0 Å². The molecular weight excluding hydrogens is 452 g/mol. The highest BCUT2D eigenvalue weighted by Crippen LogP contribution is 2.66. The van der Waals surface area contributed by atoms with Crippen LogP contribution in [0.1, 0.15) is 83.3 Å². The molecule has 0 amide bonds. The summed E-state index contributed by atoms with van der Waals surface area (Å²) in [6.45, 7) is 8.26. The van der Waals surface area contributed by atoms with E-state index in [4.69, 9.17) is 15.3 Å². The summed E-state index contributed by atoms with van der Waals surface area (Å²) in [5.74, 6) is 1.38. The minimum Gasteiger partial charge on any atom is -0.462 e. The standard InChI is InChI=1S/C30H40N2O4/c1-18-5-7-20(8-6-18)27(31)32-36-28(34)26-12-11-24-23-10-9-21-17-22(35-19(2)33)13-15-29(21,3)25(23)14-16-30(24,26)4/h5-9,22-26H,10-17H2,1-4H3,(H2,31,32)/t22-,23-,24-,25-,26+,29-,30-/m0/s1. The fourth-order valence-electron chi connectivity index (χ4n) is 8.28. The smallest absolute Gasteiger partial charge is 0.338 e. The summed E-state index contributed by atoms with van der Waals surface area (Å²) in [6, 6.07) is 7.71. The molecule has 36 heavy (non-hydrogen) atoms. The summed E-state index contributed by atoms with van der Waals surface area (Å²) >= 11 is 0. The van der Waals surface area contributed by atoms with Gasteiger partial charge in [-0.1, -0.05) is 60.5 Å². The zero-order valence-electron chi connectivity index (χ0n) is 22.1. The number of fused-ring (bicyclic) bond motifs is 5. The number of rotatable bonds is 4.